The van der Waals surface area contributed by atoms with E-state index in [4.69, 9.17) is 5.73 Å². The fourth-order valence-corrected chi connectivity index (χ4v) is 3.48. The van der Waals surface area contributed by atoms with Crippen molar-refractivity contribution in [1.82, 2.24) is 9.88 Å². The van der Waals surface area contributed by atoms with Gasteiger partial charge in [0, 0.05) is 18.8 Å². The Labute approximate surface area is 128 Å². The van der Waals surface area contributed by atoms with E-state index in [0.717, 1.165) is 19.4 Å². The lowest BCUT2D eigenvalue weighted by Crippen LogP contribution is -2.41. The summed E-state index contributed by atoms with van der Waals surface area (Å²) in [6.07, 6.45) is 10.3. The summed E-state index contributed by atoms with van der Waals surface area (Å²) in [4.78, 5) is 12.6. The van der Waals surface area contributed by atoms with Gasteiger partial charge >= 0.3 is 0 Å². The van der Waals surface area contributed by atoms with Crippen molar-refractivity contribution < 1.29 is 4.79 Å². The van der Waals surface area contributed by atoms with Gasteiger partial charge in [-0.15, -0.1) is 0 Å². The fraction of sp³-hybridized carbons (Fsp3) is 0.706. The van der Waals surface area contributed by atoms with Crippen LogP contribution in [-0.2, 0) is 6.54 Å². The molecular weight excluding hydrogens is 262 g/mol. The maximum absolute atomic E-state index is 12.6. The average Bonchev–Trinajstić information content (AvgIpc) is 2.87. The smallest absolute Gasteiger partial charge is 0.268 e. The quantitative estimate of drug-likeness (QED) is 0.841. The zero-order chi connectivity index (χ0) is 15.2. The number of aryl methyl sites for hydroxylation is 1. The molecule has 1 aliphatic carbocycles. The molecule has 1 aliphatic rings. The van der Waals surface area contributed by atoms with Crippen molar-refractivity contribution in [1.29, 1.82) is 0 Å². The predicted octanol–water partition coefficient (Wildman–Crippen LogP) is 3.57. The van der Waals surface area contributed by atoms with E-state index in [2.05, 4.69) is 19.2 Å². The molecule has 1 aromatic rings. The van der Waals surface area contributed by atoms with Gasteiger partial charge in [-0.3, -0.25) is 4.79 Å². The molecule has 0 spiro atoms. The molecule has 0 bridgehead atoms. The van der Waals surface area contributed by atoms with Crippen LogP contribution in [0.5, 0.6) is 0 Å². The van der Waals surface area contributed by atoms with Gasteiger partial charge in [0.05, 0.1) is 5.69 Å². The first-order chi connectivity index (χ1) is 10.2. The number of nitrogen functional groups attached to an aromatic ring is 1. The van der Waals surface area contributed by atoms with Crippen LogP contribution in [-0.4, -0.2) is 16.5 Å². The Balaban J connectivity index is 2.04. The minimum Gasteiger partial charge on any atom is -0.397 e. The summed E-state index contributed by atoms with van der Waals surface area (Å²) in [6.45, 7) is 5.11. The molecule has 21 heavy (non-hydrogen) atoms. The highest BCUT2D eigenvalue weighted by Crippen LogP contribution is 2.28. The molecular formula is C17H29N3O. The number of nitrogens with zero attached hydrogens (tertiary/aromatic N) is 1. The summed E-state index contributed by atoms with van der Waals surface area (Å²) < 4.78 is 1.97. The summed E-state index contributed by atoms with van der Waals surface area (Å²) in [5.41, 5.74) is 7.22. The summed E-state index contributed by atoms with van der Waals surface area (Å²) >= 11 is 0. The molecule has 0 aliphatic heterocycles. The van der Waals surface area contributed by atoms with Gasteiger partial charge < -0.3 is 15.6 Å². The number of hydrogen-bond donors (Lipinski definition) is 2. The first-order valence-corrected chi connectivity index (χ1v) is 8.42. The van der Waals surface area contributed by atoms with Crippen molar-refractivity contribution in [3.63, 3.8) is 0 Å². The van der Waals surface area contributed by atoms with Gasteiger partial charge in [0.15, 0.2) is 0 Å². The van der Waals surface area contributed by atoms with Crippen LogP contribution in [0.4, 0.5) is 5.69 Å². The molecule has 1 aromatic heterocycles. The van der Waals surface area contributed by atoms with E-state index in [1.807, 2.05) is 10.8 Å². The summed E-state index contributed by atoms with van der Waals surface area (Å²) in [5, 5.41) is 3.25. The van der Waals surface area contributed by atoms with Gasteiger partial charge in [-0.1, -0.05) is 33.1 Å². The lowest BCUT2D eigenvalue weighted by Gasteiger charge is -2.30. The molecule has 2 rings (SSSR count). The van der Waals surface area contributed by atoms with Gasteiger partial charge in [0.2, 0.25) is 0 Å². The fourth-order valence-electron chi connectivity index (χ4n) is 3.48. The van der Waals surface area contributed by atoms with E-state index in [1.54, 1.807) is 6.07 Å². The number of carbonyl (C=O) groups excluding carboxylic acids is 1. The van der Waals surface area contributed by atoms with Crippen molar-refractivity contribution in [2.75, 3.05) is 5.73 Å². The van der Waals surface area contributed by atoms with Gasteiger partial charge in [-0.2, -0.15) is 0 Å². The molecule has 1 saturated carbocycles. The molecule has 1 heterocycles. The monoisotopic (exact) mass is 291 g/mol. The molecule has 0 radical (unpaired) electrons. The molecule has 4 nitrogen and oxygen atoms in total. The van der Waals surface area contributed by atoms with Crippen LogP contribution in [0, 0.1) is 5.92 Å². The van der Waals surface area contributed by atoms with Gasteiger partial charge in [0.1, 0.15) is 5.69 Å². The normalized spacial score (nSPS) is 17.6. The van der Waals surface area contributed by atoms with Crippen LogP contribution in [0.1, 0.15) is 69.3 Å². The molecule has 1 amide bonds. The predicted molar refractivity (Wildman–Crippen MR) is 87.3 cm³/mol. The topological polar surface area (TPSA) is 60.0 Å². The van der Waals surface area contributed by atoms with Crippen LogP contribution in [0.3, 0.4) is 0 Å². The zero-order valence-electron chi connectivity index (χ0n) is 13.4. The number of nitrogens with one attached hydrogen (secondary N) is 1. The molecule has 0 saturated heterocycles. The average molecular weight is 291 g/mol. The Morgan fingerprint density at radius 3 is 2.71 bits per heavy atom. The molecule has 4 heteroatoms. The maximum Gasteiger partial charge on any atom is 0.268 e. The number of rotatable bonds is 6. The van der Waals surface area contributed by atoms with Crippen LogP contribution < -0.4 is 11.1 Å². The second-order valence-corrected chi connectivity index (χ2v) is 6.24. The largest absolute Gasteiger partial charge is 0.397 e. The SMILES string of the molecule is CCCn1cc(N)cc1C(=O)NC(CC)C1CCCCC1. The third-order valence-corrected chi connectivity index (χ3v) is 4.59. The van der Waals surface area contributed by atoms with Crippen LogP contribution >= 0.6 is 0 Å². The van der Waals surface area contributed by atoms with E-state index in [-0.39, 0.29) is 5.91 Å². The van der Waals surface area contributed by atoms with Crippen LogP contribution in [0.25, 0.3) is 0 Å². The van der Waals surface area contributed by atoms with Gasteiger partial charge in [-0.25, -0.2) is 0 Å². The van der Waals surface area contributed by atoms with Crippen molar-refractivity contribution >= 4 is 11.6 Å². The summed E-state index contributed by atoms with van der Waals surface area (Å²) in [7, 11) is 0. The number of aromatic nitrogens is 1. The lowest BCUT2D eigenvalue weighted by atomic mass is 9.83. The highest BCUT2D eigenvalue weighted by molar-refractivity contribution is 5.94. The molecule has 3 N–H and O–H groups in total. The van der Waals surface area contributed by atoms with Gasteiger partial charge in [0.25, 0.3) is 5.91 Å². The number of carbonyl (C=O) groups is 1. The van der Waals surface area contributed by atoms with Crippen molar-refractivity contribution in [2.45, 2.75) is 71.4 Å². The molecule has 1 fully saturated rings. The first kappa shape index (κ1) is 15.9. The summed E-state index contributed by atoms with van der Waals surface area (Å²) in [5.74, 6) is 0.664. The molecule has 0 aromatic carbocycles. The third kappa shape index (κ3) is 4.02. The number of nitrogens with two attached hydrogens (primary N) is 1. The minimum absolute atomic E-state index is 0.0255. The van der Waals surface area contributed by atoms with E-state index in [0.29, 0.717) is 23.3 Å². The van der Waals surface area contributed by atoms with Crippen LogP contribution in [0.15, 0.2) is 12.3 Å². The second-order valence-electron chi connectivity index (χ2n) is 6.24. The van der Waals surface area contributed by atoms with Crippen LogP contribution in [0.2, 0.25) is 0 Å². The highest BCUT2D eigenvalue weighted by Gasteiger charge is 2.25. The molecule has 1 atom stereocenters. The second kappa shape index (κ2) is 7.53. The van der Waals surface area contributed by atoms with E-state index < -0.39 is 0 Å². The Hall–Kier alpha value is -1.45. The zero-order valence-corrected chi connectivity index (χ0v) is 13.4. The van der Waals surface area contributed by atoms with Crippen molar-refractivity contribution in [3.05, 3.63) is 18.0 Å². The van der Waals surface area contributed by atoms with Crippen molar-refractivity contribution in [3.8, 4) is 0 Å². The maximum atomic E-state index is 12.6. The van der Waals surface area contributed by atoms with Gasteiger partial charge in [-0.05, 0) is 37.7 Å². The number of amides is 1. The molecule has 1 unspecified atom stereocenters. The third-order valence-electron chi connectivity index (χ3n) is 4.59. The van der Waals surface area contributed by atoms with Crippen molar-refractivity contribution in [2.24, 2.45) is 5.92 Å². The standard InChI is InChI=1S/C17H29N3O/c1-3-10-20-12-14(18)11-16(20)17(21)19-15(4-2)13-8-6-5-7-9-13/h11-13,15H,3-10,18H2,1-2H3,(H,19,21). The Morgan fingerprint density at radius 2 is 2.10 bits per heavy atom. The van der Waals surface area contributed by atoms with E-state index in [9.17, 15) is 4.79 Å². The van der Waals surface area contributed by atoms with E-state index in [1.165, 1.54) is 32.1 Å². The summed E-state index contributed by atoms with van der Waals surface area (Å²) in [6, 6.07) is 2.09. The lowest BCUT2D eigenvalue weighted by molar-refractivity contribution is 0.0901. The molecule has 118 valence electrons. The Bertz CT molecular complexity index is 461. The Kier molecular flexibility index (Phi) is 5.71. The minimum atomic E-state index is 0.0255. The number of anilines is 1. The van der Waals surface area contributed by atoms with E-state index >= 15 is 0 Å². The first-order valence-electron chi connectivity index (χ1n) is 8.42. The number of hydrogen-bond acceptors (Lipinski definition) is 2. The Morgan fingerprint density at radius 1 is 1.38 bits per heavy atom. The highest BCUT2D eigenvalue weighted by atomic mass is 16.2.